The van der Waals surface area contributed by atoms with Crippen LogP contribution in [0.3, 0.4) is 0 Å². The van der Waals surface area contributed by atoms with Gasteiger partial charge in [-0.2, -0.15) is 0 Å². The predicted octanol–water partition coefficient (Wildman–Crippen LogP) is 13.4. The standard InChI is InChI=1S/C44H27NOS/c1-2-13-28(14-3-1)31-25-26-35-34-19-9-11-24-41(34)47-44(35)43(31)45(37-21-12-23-40-42(37)36-20-8-10-22-39(36)46-40)38-27-29-15-4-5-16-30(29)32-17-6-7-18-33(32)38/h1-27H. The van der Waals surface area contributed by atoms with E-state index in [1.807, 2.05) is 17.4 Å². The molecule has 220 valence electrons. The first kappa shape index (κ1) is 26.3. The van der Waals surface area contributed by atoms with Gasteiger partial charge in [0.1, 0.15) is 11.2 Å². The van der Waals surface area contributed by atoms with E-state index in [0.29, 0.717) is 0 Å². The third-order valence-electron chi connectivity index (χ3n) is 9.44. The van der Waals surface area contributed by atoms with Crippen LogP contribution >= 0.6 is 11.3 Å². The molecule has 0 N–H and O–H groups in total. The summed E-state index contributed by atoms with van der Waals surface area (Å²) in [5, 5.41) is 9.66. The van der Waals surface area contributed by atoms with Crippen molar-refractivity contribution in [3.8, 4) is 11.1 Å². The number of anilines is 3. The van der Waals surface area contributed by atoms with Crippen molar-refractivity contribution in [3.05, 3.63) is 164 Å². The zero-order chi connectivity index (χ0) is 30.9. The molecule has 0 fully saturated rings. The lowest BCUT2D eigenvalue weighted by Gasteiger charge is -2.30. The number of nitrogens with zero attached hydrogens (tertiary/aromatic N) is 1. The minimum absolute atomic E-state index is 0.878. The van der Waals surface area contributed by atoms with E-state index in [1.165, 1.54) is 58.5 Å². The molecule has 3 heteroatoms. The summed E-state index contributed by atoms with van der Waals surface area (Å²) >= 11 is 1.87. The number of fused-ring (bicyclic) bond motifs is 9. The van der Waals surface area contributed by atoms with E-state index in [9.17, 15) is 0 Å². The SMILES string of the molecule is c1ccc(-c2ccc3c(sc4ccccc43)c2N(c2cc3ccccc3c3ccccc23)c2cccc3oc4ccccc4c23)cc1. The summed E-state index contributed by atoms with van der Waals surface area (Å²) in [4.78, 5) is 2.53. The summed E-state index contributed by atoms with van der Waals surface area (Å²) in [7, 11) is 0. The number of thiophene rings is 1. The molecule has 0 unspecified atom stereocenters. The molecule has 10 rings (SSSR count). The van der Waals surface area contributed by atoms with Crippen molar-refractivity contribution < 1.29 is 4.42 Å². The topological polar surface area (TPSA) is 16.4 Å². The van der Waals surface area contributed by atoms with Crippen molar-refractivity contribution in [1.29, 1.82) is 0 Å². The van der Waals surface area contributed by atoms with E-state index in [2.05, 4.69) is 163 Å². The molecule has 0 aliphatic rings. The Morgan fingerprint density at radius 1 is 0.447 bits per heavy atom. The van der Waals surface area contributed by atoms with Crippen LogP contribution in [0.25, 0.3) is 74.8 Å². The molecule has 0 aliphatic carbocycles. The van der Waals surface area contributed by atoms with Crippen molar-refractivity contribution in [2.75, 3.05) is 4.90 Å². The molecular weight excluding hydrogens is 591 g/mol. The quantitative estimate of drug-likeness (QED) is 0.183. The second-order valence-electron chi connectivity index (χ2n) is 12.0. The second kappa shape index (κ2) is 10.3. The van der Waals surface area contributed by atoms with Crippen LogP contribution in [0.5, 0.6) is 0 Å². The number of para-hydroxylation sites is 1. The van der Waals surface area contributed by atoms with Crippen molar-refractivity contribution in [2.24, 2.45) is 0 Å². The van der Waals surface area contributed by atoms with E-state index in [4.69, 9.17) is 4.42 Å². The van der Waals surface area contributed by atoms with Crippen molar-refractivity contribution in [2.45, 2.75) is 0 Å². The van der Waals surface area contributed by atoms with Gasteiger partial charge in [0.15, 0.2) is 0 Å². The normalized spacial score (nSPS) is 11.8. The minimum atomic E-state index is 0.878. The molecule has 0 atom stereocenters. The fourth-order valence-electron chi connectivity index (χ4n) is 7.38. The Morgan fingerprint density at radius 2 is 1.13 bits per heavy atom. The van der Waals surface area contributed by atoms with E-state index < -0.39 is 0 Å². The van der Waals surface area contributed by atoms with Gasteiger partial charge in [-0.1, -0.05) is 133 Å². The maximum Gasteiger partial charge on any atom is 0.137 e. The molecule has 10 aromatic rings. The highest BCUT2D eigenvalue weighted by Crippen LogP contribution is 2.53. The molecule has 47 heavy (non-hydrogen) atoms. The zero-order valence-electron chi connectivity index (χ0n) is 25.4. The largest absolute Gasteiger partial charge is 0.456 e. The van der Waals surface area contributed by atoms with Gasteiger partial charge < -0.3 is 9.32 Å². The maximum absolute atomic E-state index is 6.50. The molecule has 2 heterocycles. The third kappa shape index (κ3) is 3.97. The molecular formula is C44H27NOS. The minimum Gasteiger partial charge on any atom is -0.456 e. The summed E-state index contributed by atoms with van der Waals surface area (Å²) in [5.74, 6) is 0. The van der Waals surface area contributed by atoms with Crippen LogP contribution in [0.4, 0.5) is 17.1 Å². The van der Waals surface area contributed by atoms with Crippen molar-refractivity contribution >= 4 is 92.1 Å². The summed E-state index contributed by atoms with van der Waals surface area (Å²) in [6, 6.07) is 59.0. The summed E-state index contributed by atoms with van der Waals surface area (Å²) in [5.41, 5.74) is 7.54. The lowest BCUT2D eigenvalue weighted by molar-refractivity contribution is 0.669. The number of hydrogen-bond acceptors (Lipinski definition) is 3. The fourth-order valence-corrected chi connectivity index (χ4v) is 8.62. The van der Waals surface area contributed by atoms with E-state index in [1.54, 1.807) is 0 Å². The Balaban J connectivity index is 1.44. The average Bonchev–Trinajstić information content (AvgIpc) is 3.71. The maximum atomic E-state index is 6.50. The van der Waals surface area contributed by atoms with E-state index in [-0.39, 0.29) is 0 Å². The Labute approximate surface area is 275 Å². The molecule has 2 aromatic heterocycles. The third-order valence-corrected chi connectivity index (χ3v) is 10.6. The first-order valence-electron chi connectivity index (χ1n) is 15.9. The van der Waals surface area contributed by atoms with Crippen LogP contribution in [0.15, 0.2) is 168 Å². The van der Waals surface area contributed by atoms with Gasteiger partial charge >= 0.3 is 0 Å². The first-order chi connectivity index (χ1) is 23.3. The lowest BCUT2D eigenvalue weighted by atomic mass is 9.96. The van der Waals surface area contributed by atoms with Gasteiger partial charge in [0.25, 0.3) is 0 Å². The van der Waals surface area contributed by atoms with Gasteiger partial charge in [-0.25, -0.2) is 0 Å². The molecule has 0 aliphatic heterocycles. The highest BCUT2D eigenvalue weighted by atomic mass is 32.1. The molecule has 0 spiro atoms. The van der Waals surface area contributed by atoms with Crippen LogP contribution in [-0.4, -0.2) is 0 Å². The highest BCUT2D eigenvalue weighted by Gasteiger charge is 2.27. The average molecular weight is 618 g/mol. The van der Waals surface area contributed by atoms with Gasteiger partial charge in [-0.3, -0.25) is 0 Å². The summed E-state index contributed by atoms with van der Waals surface area (Å²) < 4.78 is 9.04. The van der Waals surface area contributed by atoms with Crippen LogP contribution in [0, 0.1) is 0 Å². The molecule has 0 amide bonds. The van der Waals surface area contributed by atoms with Crippen LogP contribution in [0.1, 0.15) is 0 Å². The second-order valence-corrected chi connectivity index (χ2v) is 13.1. The van der Waals surface area contributed by atoms with Crippen LogP contribution < -0.4 is 4.90 Å². The number of benzene rings is 8. The van der Waals surface area contributed by atoms with Gasteiger partial charge in [-0.05, 0) is 52.1 Å². The molecule has 0 saturated carbocycles. The van der Waals surface area contributed by atoms with Gasteiger partial charge in [0, 0.05) is 31.8 Å². The number of hydrogen-bond donors (Lipinski definition) is 0. The smallest absolute Gasteiger partial charge is 0.137 e. The molecule has 0 radical (unpaired) electrons. The van der Waals surface area contributed by atoms with Gasteiger partial charge in [0.2, 0.25) is 0 Å². The first-order valence-corrected chi connectivity index (χ1v) is 16.8. The Bertz CT molecular complexity index is 2810. The molecule has 2 nitrogen and oxygen atoms in total. The Kier molecular flexibility index (Phi) is 5.78. The molecule has 0 bridgehead atoms. The van der Waals surface area contributed by atoms with Crippen LogP contribution in [-0.2, 0) is 0 Å². The zero-order valence-corrected chi connectivity index (χ0v) is 26.2. The molecule has 0 saturated heterocycles. The predicted molar refractivity (Wildman–Crippen MR) is 202 cm³/mol. The van der Waals surface area contributed by atoms with Crippen molar-refractivity contribution in [1.82, 2.24) is 0 Å². The van der Waals surface area contributed by atoms with E-state index >= 15 is 0 Å². The number of rotatable bonds is 4. The van der Waals surface area contributed by atoms with Crippen LogP contribution in [0.2, 0.25) is 0 Å². The Hall–Kier alpha value is -5.90. The molecule has 8 aromatic carbocycles. The summed E-state index contributed by atoms with van der Waals surface area (Å²) in [6.07, 6.45) is 0. The fraction of sp³-hybridized carbons (Fsp3) is 0. The summed E-state index contributed by atoms with van der Waals surface area (Å²) in [6.45, 7) is 0. The van der Waals surface area contributed by atoms with Gasteiger partial charge in [-0.15, -0.1) is 11.3 Å². The number of furan rings is 1. The highest BCUT2D eigenvalue weighted by molar-refractivity contribution is 7.26. The lowest BCUT2D eigenvalue weighted by Crippen LogP contribution is -2.12. The van der Waals surface area contributed by atoms with E-state index in [0.717, 1.165) is 33.3 Å². The van der Waals surface area contributed by atoms with Gasteiger partial charge in [0.05, 0.1) is 27.1 Å². The Morgan fingerprint density at radius 3 is 2.00 bits per heavy atom. The monoisotopic (exact) mass is 617 g/mol. The van der Waals surface area contributed by atoms with Crippen molar-refractivity contribution in [3.63, 3.8) is 0 Å².